The predicted octanol–water partition coefficient (Wildman–Crippen LogP) is 2.73. The van der Waals surface area contributed by atoms with Crippen molar-refractivity contribution < 1.29 is 4.52 Å². The number of hydrogen-bond donors (Lipinski definition) is 0. The number of fused-ring (bicyclic) bond motifs is 1. The molecule has 0 spiro atoms. The summed E-state index contributed by atoms with van der Waals surface area (Å²) < 4.78 is 8.34. The van der Waals surface area contributed by atoms with Crippen LogP contribution in [0, 0.1) is 0 Å². The Balaban J connectivity index is 1.86. The molecule has 0 amide bonds. The molecule has 1 aromatic carbocycles. The highest BCUT2D eigenvalue weighted by molar-refractivity contribution is 7.29. The molecule has 14 heavy (non-hydrogen) atoms. The van der Waals surface area contributed by atoms with Gasteiger partial charge in [-0.15, -0.1) is 0 Å². The van der Waals surface area contributed by atoms with Crippen molar-refractivity contribution in [2.75, 3.05) is 6.54 Å². The molecule has 0 aromatic heterocycles. The Kier molecular flexibility index (Phi) is 2.28. The van der Waals surface area contributed by atoms with Crippen LogP contribution in [0.5, 0.6) is 0 Å². The van der Waals surface area contributed by atoms with Crippen LogP contribution in [0.2, 0.25) is 0 Å². The molecule has 3 heteroatoms. The van der Waals surface area contributed by atoms with Crippen LogP contribution in [0.25, 0.3) is 0 Å². The Morgan fingerprint density at radius 2 is 2.14 bits per heavy atom. The number of nitrogens with zero attached hydrogens (tertiary/aromatic N) is 1. The summed E-state index contributed by atoms with van der Waals surface area (Å²) in [6, 6.07) is 11.3. The van der Waals surface area contributed by atoms with Crippen molar-refractivity contribution in [2.45, 2.75) is 25.0 Å². The summed E-state index contributed by atoms with van der Waals surface area (Å²) in [7, 11) is 0.582. The Labute approximate surface area is 86.2 Å². The molecular weight excluding hydrogens is 193 g/mol. The van der Waals surface area contributed by atoms with Gasteiger partial charge in [-0.1, -0.05) is 30.3 Å². The minimum absolute atomic E-state index is 0.331. The minimum Gasteiger partial charge on any atom is -0.337 e. The van der Waals surface area contributed by atoms with Gasteiger partial charge in [-0.25, -0.2) is 0 Å². The third-order valence-corrected chi connectivity index (χ3v) is 4.22. The van der Waals surface area contributed by atoms with Crippen LogP contribution in [0.1, 0.15) is 24.5 Å². The van der Waals surface area contributed by atoms with E-state index in [9.17, 15) is 0 Å². The number of benzene rings is 1. The van der Waals surface area contributed by atoms with Crippen LogP contribution < -0.4 is 0 Å². The maximum atomic E-state index is 5.86. The molecule has 0 radical (unpaired) electrons. The first-order chi connectivity index (χ1) is 6.95. The van der Waals surface area contributed by atoms with E-state index >= 15 is 0 Å². The highest BCUT2D eigenvalue weighted by atomic mass is 31.1. The van der Waals surface area contributed by atoms with E-state index in [1.807, 2.05) is 0 Å². The van der Waals surface area contributed by atoms with E-state index in [-0.39, 0.29) is 0 Å². The van der Waals surface area contributed by atoms with Crippen molar-refractivity contribution in [3.63, 3.8) is 0 Å². The molecule has 1 aromatic rings. The summed E-state index contributed by atoms with van der Waals surface area (Å²) in [5.41, 5.74) is 1.34. The lowest BCUT2D eigenvalue weighted by Crippen LogP contribution is -2.21. The average molecular weight is 207 g/mol. The van der Waals surface area contributed by atoms with Gasteiger partial charge in [0.25, 0.3) is 0 Å². The Bertz CT molecular complexity index is 316. The van der Waals surface area contributed by atoms with E-state index in [4.69, 9.17) is 4.52 Å². The third-order valence-electron chi connectivity index (χ3n) is 3.07. The average Bonchev–Trinajstić information content (AvgIpc) is 2.79. The first-order valence-electron chi connectivity index (χ1n) is 5.18. The first-order valence-corrected chi connectivity index (χ1v) is 6.03. The molecule has 0 bridgehead atoms. The van der Waals surface area contributed by atoms with Gasteiger partial charge >= 0.3 is 0 Å². The lowest BCUT2D eigenvalue weighted by Gasteiger charge is -2.17. The van der Waals surface area contributed by atoms with Gasteiger partial charge in [0.15, 0.2) is 0 Å². The highest BCUT2D eigenvalue weighted by Gasteiger charge is 2.39. The van der Waals surface area contributed by atoms with Crippen molar-refractivity contribution in [2.24, 2.45) is 0 Å². The Morgan fingerprint density at radius 1 is 1.29 bits per heavy atom. The van der Waals surface area contributed by atoms with Crippen LogP contribution in [0.3, 0.4) is 0 Å². The fourth-order valence-electron chi connectivity index (χ4n) is 2.36. The van der Waals surface area contributed by atoms with Crippen molar-refractivity contribution in [3.05, 3.63) is 35.9 Å². The monoisotopic (exact) mass is 207 g/mol. The zero-order chi connectivity index (χ0) is 9.38. The van der Waals surface area contributed by atoms with Gasteiger partial charge in [0.2, 0.25) is 0 Å². The molecule has 2 fully saturated rings. The van der Waals surface area contributed by atoms with E-state index in [0.717, 1.165) is 0 Å². The summed E-state index contributed by atoms with van der Waals surface area (Å²) in [6.07, 6.45) is 2.97. The molecule has 2 heterocycles. The molecule has 0 N–H and O–H groups in total. The maximum Gasteiger partial charge on any atom is 0.104 e. The summed E-state index contributed by atoms with van der Waals surface area (Å²) in [4.78, 5) is 0. The van der Waals surface area contributed by atoms with E-state index < -0.39 is 0 Å². The number of hydrogen-bond acceptors (Lipinski definition) is 2. The second kappa shape index (κ2) is 3.62. The summed E-state index contributed by atoms with van der Waals surface area (Å²) in [5, 5.41) is 0. The van der Waals surface area contributed by atoms with Gasteiger partial charge < -0.3 is 4.52 Å². The predicted molar refractivity (Wildman–Crippen MR) is 58.3 cm³/mol. The molecule has 2 nitrogen and oxygen atoms in total. The van der Waals surface area contributed by atoms with E-state index in [2.05, 4.69) is 35.0 Å². The van der Waals surface area contributed by atoms with Crippen molar-refractivity contribution >= 4 is 8.96 Å². The second-order valence-corrected chi connectivity index (χ2v) is 4.94. The first kappa shape index (κ1) is 8.84. The SMILES string of the molecule is c1ccc([C@H]2OPN3CCC[C@@H]23)cc1. The van der Waals surface area contributed by atoms with Gasteiger partial charge in [0.1, 0.15) is 6.10 Å². The fraction of sp³-hybridized carbons (Fsp3) is 0.455. The van der Waals surface area contributed by atoms with Crippen molar-refractivity contribution in [1.29, 1.82) is 0 Å². The molecule has 3 rings (SSSR count). The Morgan fingerprint density at radius 3 is 3.00 bits per heavy atom. The molecule has 2 aliphatic rings. The summed E-state index contributed by atoms with van der Waals surface area (Å²) >= 11 is 0. The zero-order valence-corrected chi connectivity index (χ0v) is 9.02. The third kappa shape index (κ3) is 1.38. The molecule has 0 saturated carbocycles. The van der Waals surface area contributed by atoms with Crippen LogP contribution in [0.15, 0.2) is 30.3 Å². The quantitative estimate of drug-likeness (QED) is 0.656. The van der Waals surface area contributed by atoms with Gasteiger partial charge in [-0.3, -0.25) is 4.67 Å². The normalized spacial score (nSPS) is 33.7. The zero-order valence-electron chi connectivity index (χ0n) is 8.02. The molecule has 74 valence electrons. The lowest BCUT2D eigenvalue weighted by atomic mass is 10.0. The fourth-order valence-corrected chi connectivity index (χ4v) is 3.55. The van der Waals surface area contributed by atoms with Crippen LogP contribution in [-0.4, -0.2) is 17.3 Å². The van der Waals surface area contributed by atoms with Crippen molar-refractivity contribution in [3.8, 4) is 0 Å². The van der Waals surface area contributed by atoms with E-state index in [1.54, 1.807) is 0 Å². The molecular formula is C11H14NOP. The smallest absolute Gasteiger partial charge is 0.104 e. The van der Waals surface area contributed by atoms with Crippen LogP contribution >= 0.6 is 8.96 Å². The van der Waals surface area contributed by atoms with E-state index in [0.29, 0.717) is 21.1 Å². The molecule has 1 unspecified atom stereocenters. The summed E-state index contributed by atoms with van der Waals surface area (Å²) in [5.74, 6) is 0. The lowest BCUT2D eigenvalue weighted by molar-refractivity contribution is 0.216. The van der Waals surface area contributed by atoms with Crippen LogP contribution in [-0.2, 0) is 4.52 Å². The maximum absolute atomic E-state index is 5.86. The van der Waals surface area contributed by atoms with Gasteiger partial charge in [-0.2, -0.15) is 0 Å². The molecule has 3 atom stereocenters. The summed E-state index contributed by atoms with van der Waals surface area (Å²) in [6.45, 7) is 1.23. The van der Waals surface area contributed by atoms with Gasteiger partial charge in [0, 0.05) is 12.6 Å². The molecule has 2 aliphatic heterocycles. The number of rotatable bonds is 1. The van der Waals surface area contributed by atoms with Crippen molar-refractivity contribution in [1.82, 2.24) is 4.67 Å². The minimum atomic E-state index is 0.331. The highest BCUT2D eigenvalue weighted by Crippen LogP contribution is 2.48. The molecule has 2 saturated heterocycles. The molecule has 0 aliphatic carbocycles. The second-order valence-electron chi connectivity index (χ2n) is 3.94. The van der Waals surface area contributed by atoms with Gasteiger partial charge in [-0.05, 0) is 18.4 Å². The standard InChI is InChI=1S/C11H14NOP/c1-2-5-9(6-3-1)11-10-7-4-8-12(10)14-13-11/h1-3,5-6,10-11,14H,4,7-8H2/t10-,11+/m0/s1. The van der Waals surface area contributed by atoms with E-state index in [1.165, 1.54) is 24.9 Å². The topological polar surface area (TPSA) is 12.5 Å². The van der Waals surface area contributed by atoms with Gasteiger partial charge in [0.05, 0.1) is 8.96 Å². The Hall–Kier alpha value is -0.430. The largest absolute Gasteiger partial charge is 0.337 e. The van der Waals surface area contributed by atoms with Crippen LogP contribution in [0.4, 0.5) is 0 Å².